The lowest BCUT2D eigenvalue weighted by Crippen LogP contribution is -1.97. The summed E-state index contributed by atoms with van der Waals surface area (Å²) >= 11 is 0. The number of nitrogens with zero attached hydrogens (tertiary/aromatic N) is 4. The van der Waals surface area contributed by atoms with E-state index in [0.717, 1.165) is 83.6 Å². The van der Waals surface area contributed by atoms with Crippen molar-refractivity contribution in [3.8, 4) is 73.1 Å². The van der Waals surface area contributed by atoms with E-state index in [4.69, 9.17) is 15.0 Å². The van der Waals surface area contributed by atoms with E-state index in [9.17, 15) is 0 Å². The molecule has 0 unspecified atom stereocenters. The quantitative estimate of drug-likeness (QED) is 0.151. The molecule has 0 spiro atoms. The number of para-hydroxylation sites is 3. The van der Waals surface area contributed by atoms with Gasteiger partial charge in [0.1, 0.15) is 0 Å². The third kappa shape index (κ3) is 6.44. The van der Waals surface area contributed by atoms with Gasteiger partial charge >= 0.3 is 0 Å². The lowest BCUT2D eigenvalue weighted by atomic mass is 9.95. The molecule has 0 atom stereocenters. The van der Waals surface area contributed by atoms with Gasteiger partial charge < -0.3 is 4.57 Å². The summed E-state index contributed by atoms with van der Waals surface area (Å²) in [5.41, 5.74) is 15.7. The fourth-order valence-corrected chi connectivity index (χ4v) is 9.20. The Kier molecular flexibility index (Phi) is 8.79. The lowest BCUT2D eigenvalue weighted by Gasteiger charge is -2.14. The van der Waals surface area contributed by atoms with E-state index in [1.54, 1.807) is 0 Å². The van der Waals surface area contributed by atoms with Crippen LogP contribution in [0.1, 0.15) is 0 Å². The number of aromatic nitrogens is 4. The molecule has 0 N–H and O–H groups in total. The molecule has 0 amide bonds. The van der Waals surface area contributed by atoms with Crippen LogP contribution in [0.25, 0.3) is 117 Å². The van der Waals surface area contributed by atoms with Gasteiger partial charge in [-0.15, -0.1) is 0 Å². The Balaban J connectivity index is 1.02. The number of fused-ring (bicyclic) bond motifs is 7. The van der Waals surface area contributed by atoms with Crippen LogP contribution >= 0.6 is 0 Å². The first-order valence-electron chi connectivity index (χ1n) is 21.4. The van der Waals surface area contributed by atoms with Crippen LogP contribution in [0.2, 0.25) is 0 Å². The average molecular weight is 803 g/mol. The molecule has 0 aliphatic carbocycles. The molecule has 0 radical (unpaired) electrons. The molecule has 4 heteroatoms. The van der Waals surface area contributed by atoms with Crippen molar-refractivity contribution in [2.45, 2.75) is 0 Å². The zero-order chi connectivity index (χ0) is 41.7. The molecule has 0 aliphatic rings. The Labute approximate surface area is 365 Å². The van der Waals surface area contributed by atoms with Crippen molar-refractivity contribution in [3.05, 3.63) is 231 Å². The van der Waals surface area contributed by atoms with E-state index in [-0.39, 0.29) is 0 Å². The highest BCUT2D eigenvalue weighted by Crippen LogP contribution is 2.43. The second-order valence-electron chi connectivity index (χ2n) is 16.0. The summed E-state index contributed by atoms with van der Waals surface area (Å²) in [6, 6.07) is 81.4. The predicted molar refractivity (Wildman–Crippen MR) is 262 cm³/mol. The summed E-state index contributed by atoms with van der Waals surface area (Å²) < 4.78 is 2.38. The van der Waals surface area contributed by atoms with Gasteiger partial charge in [0.25, 0.3) is 0 Å². The molecular formula is C59H38N4. The normalized spacial score (nSPS) is 11.5. The van der Waals surface area contributed by atoms with E-state index in [1.165, 1.54) is 27.2 Å². The lowest BCUT2D eigenvalue weighted by molar-refractivity contribution is 1.18. The Morgan fingerprint density at radius 1 is 0.286 bits per heavy atom. The molecule has 0 saturated heterocycles. The van der Waals surface area contributed by atoms with Gasteiger partial charge in [0, 0.05) is 54.9 Å². The van der Waals surface area contributed by atoms with E-state index in [0.29, 0.717) is 5.82 Å². The SMILES string of the molecule is c1ccc(-c2cccc(-c3cc(-c4ccc(-c5nc6ccccc6c6c5ccc5c6c6ccccc6n5-c5ccccc5)cc4)nc(-c4cccc(-c5ccccc5)c4)n3)c2)cc1. The van der Waals surface area contributed by atoms with E-state index < -0.39 is 0 Å². The second-order valence-corrected chi connectivity index (χ2v) is 16.0. The molecule has 294 valence electrons. The van der Waals surface area contributed by atoms with Gasteiger partial charge in [-0.1, -0.05) is 182 Å². The van der Waals surface area contributed by atoms with Crippen LogP contribution < -0.4 is 0 Å². The van der Waals surface area contributed by atoms with E-state index in [2.05, 4.69) is 223 Å². The molecule has 4 nitrogen and oxygen atoms in total. The zero-order valence-corrected chi connectivity index (χ0v) is 34.2. The van der Waals surface area contributed by atoms with Gasteiger partial charge in [-0.3, -0.25) is 0 Å². The Hall–Kier alpha value is -8.47. The molecular weight excluding hydrogens is 765 g/mol. The van der Waals surface area contributed by atoms with Crippen LogP contribution in [0.4, 0.5) is 0 Å². The van der Waals surface area contributed by atoms with Crippen molar-refractivity contribution in [2.24, 2.45) is 0 Å². The summed E-state index contributed by atoms with van der Waals surface area (Å²) in [5.74, 6) is 0.676. The third-order valence-corrected chi connectivity index (χ3v) is 12.2. The van der Waals surface area contributed by atoms with Crippen LogP contribution in [0.15, 0.2) is 231 Å². The fourth-order valence-electron chi connectivity index (χ4n) is 9.20. The molecule has 63 heavy (non-hydrogen) atoms. The number of pyridine rings is 1. The molecule has 12 aromatic rings. The number of hydrogen-bond acceptors (Lipinski definition) is 3. The molecule has 0 fully saturated rings. The molecule has 9 aromatic carbocycles. The monoisotopic (exact) mass is 802 g/mol. The molecule has 12 rings (SSSR count). The van der Waals surface area contributed by atoms with Gasteiger partial charge in [0.15, 0.2) is 5.82 Å². The average Bonchev–Trinajstić information content (AvgIpc) is 3.71. The highest BCUT2D eigenvalue weighted by Gasteiger charge is 2.20. The van der Waals surface area contributed by atoms with E-state index in [1.807, 2.05) is 12.1 Å². The minimum atomic E-state index is 0.676. The minimum Gasteiger partial charge on any atom is -0.309 e. The topological polar surface area (TPSA) is 43.6 Å². The predicted octanol–water partition coefficient (Wildman–Crippen LogP) is 15.3. The summed E-state index contributed by atoms with van der Waals surface area (Å²) in [6.45, 7) is 0. The zero-order valence-electron chi connectivity index (χ0n) is 34.2. The first-order chi connectivity index (χ1) is 31.2. The smallest absolute Gasteiger partial charge is 0.160 e. The number of rotatable bonds is 7. The summed E-state index contributed by atoms with van der Waals surface area (Å²) in [5, 5.41) is 5.93. The number of benzene rings is 9. The summed E-state index contributed by atoms with van der Waals surface area (Å²) in [4.78, 5) is 15.9. The van der Waals surface area contributed by atoms with Gasteiger partial charge in [0.05, 0.1) is 33.6 Å². The van der Waals surface area contributed by atoms with Crippen LogP contribution in [0.5, 0.6) is 0 Å². The standard InChI is InChI=1S/C59H38N4/c1-4-16-39(17-5-1)43-20-14-22-45(36-43)53-38-52(61-59(62-53)46-23-15-21-44(37-46)40-18-6-2-7-19-40)41-30-32-42(33-31-41)58-50-34-35-55-57(56(50)48-26-10-12-28-51(48)60-58)49-27-11-13-29-54(49)63(55)47-24-8-3-9-25-47/h1-38H. The maximum Gasteiger partial charge on any atom is 0.160 e. The first-order valence-corrected chi connectivity index (χ1v) is 21.4. The van der Waals surface area contributed by atoms with Crippen LogP contribution in [0, 0.1) is 0 Å². The Morgan fingerprint density at radius 2 is 0.825 bits per heavy atom. The van der Waals surface area contributed by atoms with E-state index >= 15 is 0 Å². The Morgan fingerprint density at radius 3 is 1.54 bits per heavy atom. The van der Waals surface area contributed by atoms with Crippen LogP contribution in [-0.2, 0) is 0 Å². The molecule has 0 aliphatic heterocycles. The van der Waals surface area contributed by atoms with Crippen LogP contribution in [-0.4, -0.2) is 19.5 Å². The van der Waals surface area contributed by atoms with Crippen molar-refractivity contribution < 1.29 is 0 Å². The minimum absolute atomic E-state index is 0.676. The van der Waals surface area contributed by atoms with Gasteiger partial charge in [-0.25, -0.2) is 15.0 Å². The van der Waals surface area contributed by atoms with Gasteiger partial charge in [-0.05, 0) is 70.8 Å². The van der Waals surface area contributed by atoms with Crippen molar-refractivity contribution >= 4 is 43.5 Å². The maximum atomic E-state index is 5.37. The second kappa shape index (κ2) is 15.2. The number of hydrogen-bond donors (Lipinski definition) is 0. The van der Waals surface area contributed by atoms with Crippen molar-refractivity contribution in [2.75, 3.05) is 0 Å². The van der Waals surface area contributed by atoms with Crippen molar-refractivity contribution in [1.29, 1.82) is 0 Å². The van der Waals surface area contributed by atoms with Gasteiger partial charge in [-0.2, -0.15) is 0 Å². The third-order valence-electron chi connectivity index (χ3n) is 12.2. The molecule has 3 aromatic heterocycles. The maximum absolute atomic E-state index is 5.37. The first kappa shape index (κ1) is 36.4. The summed E-state index contributed by atoms with van der Waals surface area (Å²) in [7, 11) is 0. The van der Waals surface area contributed by atoms with Crippen molar-refractivity contribution in [1.82, 2.24) is 19.5 Å². The molecule has 0 saturated carbocycles. The fraction of sp³-hybridized carbons (Fsp3) is 0. The molecule has 3 heterocycles. The largest absolute Gasteiger partial charge is 0.309 e. The summed E-state index contributed by atoms with van der Waals surface area (Å²) in [6.07, 6.45) is 0. The van der Waals surface area contributed by atoms with Crippen LogP contribution in [0.3, 0.4) is 0 Å². The van der Waals surface area contributed by atoms with Crippen molar-refractivity contribution in [3.63, 3.8) is 0 Å². The highest BCUT2D eigenvalue weighted by atomic mass is 15.0. The highest BCUT2D eigenvalue weighted by molar-refractivity contribution is 6.29. The van der Waals surface area contributed by atoms with Gasteiger partial charge in [0.2, 0.25) is 0 Å². The molecule has 0 bridgehead atoms. The Bertz CT molecular complexity index is 3550.